The average molecular weight is 258 g/mol. The van der Waals surface area contributed by atoms with Crippen molar-refractivity contribution < 1.29 is 4.43 Å². The first kappa shape index (κ1) is 15.2. The molecule has 0 aromatic heterocycles. The van der Waals surface area contributed by atoms with Gasteiger partial charge in [-0.3, -0.25) is 0 Å². The van der Waals surface area contributed by atoms with Crippen molar-refractivity contribution >= 4 is 8.32 Å². The summed E-state index contributed by atoms with van der Waals surface area (Å²) in [5, 5.41) is 7.45. The van der Waals surface area contributed by atoms with Gasteiger partial charge >= 0.3 is 0 Å². The third-order valence-corrected chi connectivity index (χ3v) is 8.75. The molecule has 0 saturated carbocycles. The second-order valence-electron chi connectivity index (χ2n) is 6.69. The number of hydrogen-bond donors (Lipinski definition) is 2. The van der Waals surface area contributed by atoms with Crippen molar-refractivity contribution in [3.8, 4) is 0 Å². The van der Waals surface area contributed by atoms with E-state index in [1.54, 1.807) is 0 Å². The Morgan fingerprint density at radius 1 is 1.12 bits per heavy atom. The summed E-state index contributed by atoms with van der Waals surface area (Å²) >= 11 is 0. The number of rotatable bonds is 4. The maximum atomic E-state index is 6.24. The monoisotopic (exact) mass is 258 g/mol. The Labute approximate surface area is 108 Å². The molecule has 0 aromatic carbocycles. The molecule has 1 rings (SSSR count). The van der Waals surface area contributed by atoms with Gasteiger partial charge in [-0.05, 0) is 24.6 Å². The van der Waals surface area contributed by atoms with Crippen molar-refractivity contribution in [2.75, 3.05) is 19.7 Å². The van der Waals surface area contributed by atoms with Gasteiger partial charge in [0.1, 0.15) is 0 Å². The molecule has 2 atom stereocenters. The SMILES string of the molecule is CC[C@@H]1CN[C@@H](CO[Si](C)(C)C(C)(C)C)CN1. The minimum atomic E-state index is -1.58. The molecule has 102 valence electrons. The van der Waals surface area contributed by atoms with Crippen LogP contribution in [0.25, 0.3) is 0 Å². The Balaban J connectivity index is 2.33. The lowest BCUT2D eigenvalue weighted by atomic mass is 10.1. The van der Waals surface area contributed by atoms with Crippen molar-refractivity contribution in [3.63, 3.8) is 0 Å². The van der Waals surface area contributed by atoms with Gasteiger partial charge in [-0.2, -0.15) is 0 Å². The highest BCUT2D eigenvalue weighted by Crippen LogP contribution is 2.36. The van der Waals surface area contributed by atoms with E-state index in [2.05, 4.69) is 51.4 Å². The number of piperazine rings is 1. The maximum absolute atomic E-state index is 6.24. The molecule has 4 heteroatoms. The molecule has 1 fully saturated rings. The van der Waals surface area contributed by atoms with Crippen LogP contribution in [0.15, 0.2) is 0 Å². The van der Waals surface area contributed by atoms with E-state index in [0.29, 0.717) is 17.1 Å². The summed E-state index contributed by atoms with van der Waals surface area (Å²) in [5.41, 5.74) is 0. The Morgan fingerprint density at radius 2 is 1.65 bits per heavy atom. The molecular weight excluding hydrogens is 228 g/mol. The van der Waals surface area contributed by atoms with E-state index in [1.165, 1.54) is 6.42 Å². The molecule has 0 amide bonds. The predicted octanol–water partition coefficient (Wildman–Crippen LogP) is 2.35. The van der Waals surface area contributed by atoms with Gasteiger partial charge in [0.05, 0.1) is 6.61 Å². The van der Waals surface area contributed by atoms with Crippen molar-refractivity contribution in [2.45, 2.75) is 64.3 Å². The Morgan fingerprint density at radius 3 is 2.06 bits per heavy atom. The van der Waals surface area contributed by atoms with Crippen LogP contribution in [0.2, 0.25) is 18.1 Å². The fraction of sp³-hybridized carbons (Fsp3) is 1.00. The van der Waals surface area contributed by atoms with E-state index in [1.807, 2.05) is 0 Å². The van der Waals surface area contributed by atoms with Gasteiger partial charge in [-0.25, -0.2) is 0 Å². The van der Waals surface area contributed by atoms with Crippen molar-refractivity contribution in [1.29, 1.82) is 0 Å². The maximum Gasteiger partial charge on any atom is 0.192 e. The molecule has 3 nitrogen and oxygen atoms in total. The van der Waals surface area contributed by atoms with Gasteiger partial charge in [-0.1, -0.05) is 27.7 Å². The minimum Gasteiger partial charge on any atom is -0.415 e. The van der Waals surface area contributed by atoms with E-state index in [4.69, 9.17) is 4.43 Å². The molecule has 0 aromatic rings. The van der Waals surface area contributed by atoms with E-state index in [9.17, 15) is 0 Å². The third-order valence-electron chi connectivity index (χ3n) is 4.25. The average Bonchev–Trinajstić information content (AvgIpc) is 2.25. The summed E-state index contributed by atoms with van der Waals surface area (Å²) < 4.78 is 6.24. The fourth-order valence-electron chi connectivity index (χ4n) is 1.69. The largest absolute Gasteiger partial charge is 0.415 e. The molecule has 1 saturated heterocycles. The minimum absolute atomic E-state index is 0.307. The molecule has 0 bridgehead atoms. The fourth-order valence-corrected chi connectivity index (χ4v) is 2.75. The molecule has 1 aliphatic heterocycles. The van der Waals surface area contributed by atoms with Crippen LogP contribution in [0.1, 0.15) is 34.1 Å². The second-order valence-corrected chi connectivity index (χ2v) is 11.5. The molecule has 2 N–H and O–H groups in total. The summed E-state index contributed by atoms with van der Waals surface area (Å²) in [7, 11) is -1.58. The zero-order valence-electron chi connectivity index (χ0n) is 12.4. The van der Waals surface area contributed by atoms with E-state index < -0.39 is 8.32 Å². The second kappa shape index (κ2) is 5.82. The Kier molecular flexibility index (Phi) is 5.19. The summed E-state index contributed by atoms with van der Waals surface area (Å²) in [6.45, 7) is 16.7. The molecule has 1 aliphatic rings. The number of nitrogens with one attached hydrogen (secondary N) is 2. The highest BCUT2D eigenvalue weighted by atomic mass is 28.4. The van der Waals surface area contributed by atoms with Crippen molar-refractivity contribution in [1.82, 2.24) is 10.6 Å². The lowest BCUT2D eigenvalue weighted by Gasteiger charge is -2.38. The topological polar surface area (TPSA) is 33.3 Å². The third kappa shape index (κ3) is 4.36. The van der Waals surface area contributed by atoms with Gasteiger partial charge in [0.25, 0.3) is 0 Å². The van der Waals surface area contributed by atoms with Gasteiger partial charge in [-0.15, -0.1) is 0 Å². The van der Waals surface area contributed by atoms with Crippen LogP contribution in [0.3, 0.4) is 0 Å². The van der Waals surface area contributed by atoms with Gasteiger partial charge in [0.2, 0.25) is 0 Å². The van der Waals surface area contributed by atoms with E-state index in [0.717, 1.165) is 19.7 Å². The zero-order valence-corrected chi connectivity index (χ0v) is 13.4. The van der Waals surface area contributed by atoms with Gasteiger partial charge in [0, 0.05) is 25.2 Å². The number of hydrogen-bond acceptors (Lipinski definition) is 3. The molecule has 0 spiro atoms. The van der Waals surface area contributed by atoms with Crippen molar-refractivity contribution in [2.24, 2.45) is 0 Å². The first-order valence-electron chi connectivity index (χ1n) is 6.87. The normalized spacial score (nSPS) is 27.2. The predicted molar refractivity (Wildman–Crippen MR) is 77.0 cm³/mol. The smallest absolute Gasteiger partial charge is 0.192 e. The first-order chi connectivity index (χ1) is 7.76. The molecule has 0 radical (unpaired) electrons. The molecular formula is C13H30N2OSi. The van der Waals surface area contributed by atoms with Crippen LogP contribution in [0, 0.1) is 0 Å². The standard InChI is InChI=1S/C13H30N2OSi/c1-7-11-8-15-12(9-14-11)10-16-17(5,6)13(2,3)4/h11-12,14-15H,7-10H2,1-6H3/t11-,12-/m1/s1. The molecule has 1 heterocycles. The quantitative estimate of drug-likeness (QED) is 0.760. The summed E-state index contributed by atoms with van der Waals surface area (Å²) in [4.78, 5) is 0. The van der Waals surface area contributed by atoms with Gasteiger partial charge in [0.15, 0.2) is 8.32 Å². The van der Waals surface area contributed by atoms with Gasteiger partial charge < -0.3 is 15.1 Å². The zero-order chi connectivity index (χ0) is 13.1. The van der Waals surface area contributed by atoms with E-state index in [-0.39, 0.29) is 0 Å². The Hall–Kier alpha value is 0.0969. The van der Waals surface area contributed by atoms with Crippen LogP contribution in [0.4, 0.5) is 0 Å². The van der Waals surface area contributed by atoms with Crippen molar-refractivity contribution in [3.05, 3.63) is 0 Å². The highest BCUT2D eigenvalue weighted by molar-refractivity contribution is 6.74. The molecule has 0 aliphatic carbocycles. The summed E-state index contributed by atoms with van der Waals surface area (Å²) in [5.74, 6) is 0. The van der Waals surface area contributed by atoms with Crippen LogP contribution >= 0.6 is 0 Å². The molecule has 17 heavy (non-hydrogen) atoms. The lowest BCUT2D eigenvalue weighted by molar-refractivity contribution is 0.213. The highest BCUT2D eigenvalue weighted by Gasteiger charge is 2.37. The Bertz CT molecular complexity index is 230. The summed E-state index contributed by atoms with van der Waals surface area (Å²) in [6.07, 6.45) is 1.20. The molecule has 0 unspecified atom stereocenters. The lowest BCUT2D eigenvalue weighted by Crippen LogP contribution is -2.57. The van der Waals surface area contributed by atoms with Crippen LogP contribution in [-0.2, 0) is 4.43 Å². The summed E-state index contributed by atoms with van der Waals surface area (Å²) in [6, 6.07) is 1.12. The van der Waals surface area contributed by atoms with Crippen LogP contribution in [0.5, 0.6) is 0 Å². The first-order valence-corrected chi connectivity index (χ1v) is 9.78. The van der Waals surface area contributed by atoms with Crippen LogP contribution in [-0.4, -0.2) is 40.1 Å². The van der Waals surface area contributed by atoms with Crippen LogP contribution < -0.4 is 10.6 Å². The van der Waals surface area contributed by atoms with E-state index >= 15 is 0 Å².